The van der Waals surface area contributed by atoms with Crippen molar-refractivity contribution in [1.29, 1.82) is 0 Å². The largest absolute Gasteiger partial charge is 0.411 e. The molecule has 1 saturated heterocycles. The molecule has 4 nitrogen and oxygen atoms in total. The summed E-state index contributed by atoms with van der Waals surface area (Å²) in [7, 11) is 0. The standard InChI is InChI=1S/C30H51NO3/c1-25(2)21-12-17-29(7)22(27(21,5)15-13-23(25)31-33)10-9-19-20(11-16-28(19,29)6)30(8)18-14-24(34-30)26(3,4)32/h19-22,24,32-33H,9-18H2,1-8H3. The molecule has 2 N–H and O–H groups in total. The summed E-state index contributed by atoms with van der Waals surface area (Å²) in [5.74, 6) is 2.65. The van der Waals surface area contributed by atoms with Crippen LogP contribution in [0.2, 0.25) is 0 Å². The smallest absolute Gasteiger partial charge is 0.0865 e. The Kier molecular flexibility index (Phi) is 5.50. The Morgan fingerprint density at radius 3 is 2.09 bits per heavy atom. The highest BCUT2D eigenvalue weighted by Gasteiger charge is 2.69. The van der Waals surface area contributed by atoms with Gasteiger partial charge in [-0.2, -0.15) is 0 Å². The topological polar surface area (TPSA) is 62.1 Å². The van der Waals surface area contributed by atoms with E-state index < -0.39 is 5.60 Å². The van der Waals surface area contributed by atoms with Crippen LogP contribution in [0.4, 0.5) is 0 Å². The van der Waals surface area contributed by atoms with E-state index in [4.69, 9.17) is 4.74 Å². The molecule has 194 valence electrons. The van der Waals surface area contributed by atoms with E-state index in [-0.39, 0.29) is 17.1 Å². The van der Waals surface area contributed by atoms with Gasteiger partial charge < -0.3 is 15.1 Å². The minimum absolute atomic E-state index is 0.0175. The lowest BCUT2D eigenvalue weighted by molar-refractivity contribution is -0.201. The number of rotatable bonds is 2. The van der Waals surface area contributed by atoms with E-state index in [1.54, 1.807) is 0 Å². The lowest BCUT2D eigenvalue weighted by Crippen LogP contribution is -2.63. The van der Waals surface area contributed by atoms with Crippen LogP contribution >= 0.6 is 0 Å². The fourth-order valence-corrected chi connectivity index (χ4v) is 11.1. The van der Waals surface area contributed by atoms with Crippen LogP contribution in [-0.2, 0) is 4.74 Å². The molecule has 4 saturated carbocycles. The minimum Gasteiger partial charge on any atom is -0.411 e. The minimum atomic E-state index is -0.763. The Balaban J connectivity index is 1.44. The van der Waals surface area contributed by atoms with Gasteiger partial charge in [-0.15, -0.1) is 0 Å². The summed E-state index contributed by atoms with van der Waals surface area (Å²) in [6.45, 7) is 18.8. The van der Waals surface area contributed by atoms with Gasteiger partial charge in [0.2, 0.25) is 0 Å². The van der Waals surface area contributed by atoms with Crippen molar-refractivity contribution < 1.29 is 15.1 Å². The highest BCUT2D eigenvalue weighted by molar-refractivity contribution is 5.90. The van der Waals surface area contributed by atoms with Crippen LogP contribution in [0.3, 0.4) is 0 Å². The van der Waals surface area contributed by atoms with E-state index in [2.05, 4.69) is 46.7 Å². The van der Waals surface area contributed by atoms with E-state index in [9.17, 15) is 10.3 Å². The van der Waals surface area contributed by atoms with Crippen LogP contribution in [0.1, 0.15) is 120 Å². The Labute approximate surface area is 208 Å². The molecule has 0 amide bonds. The average Bonchev–Trinajstić information content (AvgIpc) is 3.30. The van der Waals surface area contributed by atoms with E-state index in [1.807, 2.05) is 13.8 Å². The van der Waals surface area contributed by atoms with E-state index in [1.165, 1.54) is 44.9 Å². The molecule has 4 aliphatic carbocycles. The van der Waals surface area contributed by atoms with E-state index in [0.29, 0.717) is 34.0 Å². The first-order chi connectivity index (χ1) is 15.6. The summed E-state index contributed by atoms with van der Waals surface area (Å²) < 4.78 is 6.73. The van der Waals surface area contributed by atoms with Crippen LogP contribution in [-0.4, -0.2) is 33.3 Å². The van der Waals surface area contributed by atoms with Crippen molar-refractivity contribution in [3.63, 3.8) is 0 Å². The molecule has 0 radical (unpaired) electrons. The number of oxime groups is 1. The van der Waals surface area contributed by atoms with Gasteiger partial charge in [-0.1, -0.05) is 39.8 Å². The lowest BCUT2D eigenvalue weighted by atomic mass is 9.35. The fourth-order valence-electron chi connectivity index (χ4n) is 11.1. The van der Waals surface area contributed by atoms with Gasteiger partial charge in [-0.25, -0.2) is 0 Å². The quantitative estimate of drug-likeness (QED) is 0.329. The highest BCUT2D eigenvalue weighted by Crippen LogP contribution is 2.76. The second-order valence-electron chi connectivity index (χ2n) is 15.2. The molecule has 5 fully saturated rings. The van der Waals surface area contributed by atoms with Crippen molar-refractivity contribution >= 4 is 5.71 Å². The molecule has 9 unspecified atom stereocenters. The molecule has 0 bridgehead atoms. The zero-order chi connectivity index (χ0) is 24.9. The number of hydrogen-bond acceptors (Lipinski definition) is 4. The Morgan fingerprint density at radius 1 is 0.794 bits per heavy atom. The summed E-state index contributed by atoms with van der Waals surface area (Å²) in [5, 5.41) is 24.2. The Hall–Kier alpha value is -0.610. The van der Waals surface area contributed by atoms with Crippen LogP contribution in [0.25, 0.3) is 0 Å². The van der Waals surface area contributed by atoms with Gasteiger partial charge in [0.15, 0.2) is 0 Å². The zero-order valence-corrected chi connectivity index (χ0v) is 23.2. The van der Waals surface area contributed by atoms with Gasteiger partial charge in [0.05, 0.1) is 23.0 Å². The summed E-state index contributed by atoms with van der Waals surface area (Å²) in [6, 6.07) is 0. The van der Waals surface area contributed by atoms with E-state index >= 15 is 0 Å². The summed E-state index contributed by atoms with van der Waals surface area (Å²) in [5.41, 5.74) is 1.16. The maximum Gasteiger partial charge on any atom is 0.0865 e. The Morgan fingerprint density at radius 2 is 1.47 bits per heavy atom. The number of nitrogens with zero attached hydrogens (tertiary/aromatic N) is 1. The van der Waals surface area contributed by atoms with Crippen molar-refractivity contribution in [2.75, 3.05) is 0 Å². The van der Waals surface area contributed by atoms with Crippen molar-refractivity contribution in [3.05, 3.63) is 0 Å². The molecule has 0 aromatic rings. The highest BCUT2D eigenvalue weighted by atomic mass is 16.5. The fraction of sp³-hybridized carbons (Fsp3) is 0.967. The van der Waals surface area contributed by atoms with Gasteiger partial charge in [0.1, 0.15) is 0 Å². The van der Waals surface area contributed by atoms with Crippen LogP contribution in [0.15, 0.2) is 5.16 Å². The average molecular weight is 474 g/mol. The lowest BCUT2D eigenvalue weighted by Gasteiger charge is -2.69. The molecule has 5 rings (SSSR count). The summed E-state index contributed by atoms with van der Waals surface area (Å²) in [4.78, 5) is 0. The van der Waals surface area contributed by atoms with E-state index in [0.717, 1.165) is 30.9 Å². The monoisotopic (exact) mass is 473 g/mol. The predicted octanol–water partition coefficient (Wildman–Crippen LogP) is 7.21. The number of aliphatic hydroxyl groups is 1. The molecule has 5 aliphatic rings. The third kappa shape index (κ3) is 3.12. The Bertz CT molecular complexity index is 860. The molecule has 1 heterocycles. The van der Waals surface area contributed by atoms with Crippen molar-refractivity contribution in [1.82, 2.24) is 0 Å². The summed E-state index contributed by atoms with van der Waals surface area (Å²) >= 11 is 0. The molecule has 9 atom stereocenters. The maximum absolute atomic E-state index is 10.6. The van der Waals surface area contributed by atoms with Crippen molar-refractivity contribution in [2.24, 2.45) is 50.5 Å². The molecule has 34 heavy (non-hydrogen) atoms. The normalized spacial score (nSPS) is 53.9. The molecule has 4 heteroatoms. The van der Waals surface area contributed by atoms with Gasteiger partial charge in [0.25, 0.3) is 0 Å². The maximum atomic E-state index is 10.6. The zero-order valence-electron chi connectivity index (χ0n) is 23.2. The van der Waals surface area contributed by atoms with Crippen molar-refractivity contribution in [2.45, 2.75) is 137 Å². The second kappa shape index (κ2) is 7.46. The first kappa shape index (κ1) is 25.1. The molecule has 0 aromatic carbocycles. The van der Waals surface area contributed by atoms with Gasteiger partial charge >= 0.3 is 0 Å². The van der Waals surface area contributed by atoms with Gasteiger partial charge in [0, 0.05) is 5.41 Å². The molecule has 0 spiro atoms. The van der Waals surface area contributed by atoms with Gasteiger partial charge in [-0.05, 0) is 125 Å². The third-order valence-corrected chi connectivity index (χ3v) is 13.2. The van der Waals surface area contributed by atoms with Gasteiger partial charge in [-0.3, -0.25) is 0 Å². The summed E-state index contributed by atoms with van der Waals surface area (Å²) in [6.07, 6.45) is 11.9. The third-order valence-electron chi connectivity index (χ3n) is 13.2. The number of fused-ring (bicyclic) bond motifs is 5. The number of hydrogen-bond donors (Lipinski definition) is 2. The molecule has 1 aliphatic heterocycles. The van der Waals surface area contributed by atoms with Crippen LogP contribution in [0.5, 0.6) is 0 Å². The van der Waals surface area contributed by atoms with Crippen LogP contribution < -0.4 is 0 Å². The number of ether oxygens (including phenoxy) is 1. The second-order valence-corrected chi connectivity index (χ2v) is 15.2. The first-order valence-corrected chi connectivity index (χ1v) is 14.3. The first-order valence-electron chi connectivity index (χ1n) is 14.3. The SMILES string of the molecule is CC(C)(O)C1CCC(C)(C2CCC3(C)C2CCC2C4(C)CCC(=NO)C(C)(C)C4CCC23C)O1. The molecular weight excluding hydrogens is 422 g/mol. The van der Waals surface area contributed by atoms with Crippen molar-refractivity contribution in [3.8, 4) is 0 Å². The predicted molar refractivity (Wildman–Crippen MR) is 137 cm³/mol. The molecule has 0 aromatic heterocycles. The molecular formula is C30H51NO3. The van der Waals surface area contributed by atoms with Crippen LogP contribution in [0, 0.1) is 45.3 Å².